The normalized spacial score (nSPS) is 34.5. The molecule has 1 rings (SSSR count). The Morgan fingerprint density at radius 1 is 1.54 bits per heavy atom. The quantitative estimate of drug-likeness (QED) is 0.722. The maximum absolute atomic E-state index is 13.2. The van der Waals surface area contributed by atoms with E-state index in [-0.39, 0.29) is 17.3 Å². The Morgan fingerprint density at radius 2 is 2.08 bits per heavy atom. The number of carbonyl (C=O) groups is 1. The molecule has 0 aromatic heterocycles. The van der Waals surface area contributed by atoms with Crippen molar-refractivity contribution in [1.29, 1.82) is 0 Å². The van der Waals surface area contributed by atoms with Crippen molar-refractivity contribution in [2.75, 3.05) is 0 Å². The van der Waals surface area contributed by atoms with Crippen LogP contribution < -0.4 is 0 Å². The largest absolute Gasteiger partial charge is 0.479 e. The standard InChI is InChI=1S/C10H17FO2/c1-6-4-10(2,3)5-7(6)8(11)9(12)13/h6-8H,4-5H2,1-3H3,(H,12,13). The van der Waals surface area contributed by atoms with Gasteiger partial charge in [0.25, 0.3) is 0 Å². The van der Waals surface area contributed by atoms with Gasteiger partial charge in [0.2, 0.25) is 0 Å². The van der Waals surface area contributed by atoms with E-state index in [1.165, 1.54) is 0 Å². The Labute approximate surface area is 78.1 Å². The molecule has 0 bridgehead atoms. The molecule has 0 amide bonds. The molecule has 3 atom stereocenters. The zero-order valence-electron chi connectivity index (χ0n) is 8.38. The molecular formula is C10H17FO2. The van der Waals surface area contributed by atoms with Crippen LogP contribution in [0.4, 0.5) is 4.39 Å². The second-order valence-corrected chi connectivity index (χ2v) is 4.95. The zero-order chi connectivity index (χ0) is 10.2. The number of carboxylic acids is 1. The minimum atomic E-state index is -1.68. The van der Waals surface area contributed by atoms with E-state index < -0.39 is 12.1 Å². The van der Waals surface area contributed by atoms with Gasteiger partial charge in [0.05, 0.1) is 0 Å². The molecule has 3 heteroatoms. The summed E-state index contributed by atoms with van der Waals surface area (Å²) in [7, 11) is 0. The van der Waals surface area contributed by atoms with Crippen molar-refractivity contribution in [2.24, 2.45) is 17.3 Å². The van der Waals surface area contributed by atoms with Crippen molar-refractivity contribution in [3.05, 3.63) is 0 Å². The van der Waals surface area contributed by atoms with Gasteiger partial charge in [-0.05, 0) is 24.2 Å². The van der Waals surface area contributed by atoms with Gasteiger partial charge in [-0.3, -0.25) is 0 Å². The molecule has 1 aliphatic rings. The molecule has 0 radical (unpaired) electrons. The minimum Gasteiger partial charge on any atom is -0.479 e. The van der Waals surface area contributed by atoms with Crippen LogP contribution in [0.2, 0.25) is 0 Å². The second-order valence-electron chi connectivity index (χ2n) is 4.95. The van der Waals surface area contributed by atoms with Gasteiger partial charge < -0.3 is 5.11 Å². The molecule has 1 aliphatic carbocycles. The van der Waals surface area contributed by atoms with Crippen molar-refractivity contribution in [1.82, 2.24) is 0 Å². The van der Waals surface area contributed by atoms with E-state index >= 15 is 0 Å². The number of rotatable bonds is 2. The smallest absolute Gasteiger partial charge is 0.338 e. The summed E-state index contributed by atoms with van der Waals surface area (Å²) < 4.78 is 13.2. The van der Waals surface area contributed by atoms with Crippen molar-refractivity contribution < 1.29 is 14.3 Å². The lowest BCUT2D eigenvalue weighted by Crippen LogP contribution is -2.27. The SMILES string of the molecule is CC1CC(C)(C)CC1C(F)C(=O)O. The monoisotopic (exact) mass is 188 g/mol. The summed E-state index contributed by atoms with van der Waals surface area (Å²) in [4.78, 5) is 10.5. The third-order valence-corrected chi connectivity index (χ3v) is 3.01. The lowest BCUT2D eigenvalue weighted by Gasteiger charge is -2.17. The molecule has 0 saturated heterocycles. The molecule has 0 aliphatic heterocycles. The van der Waals surface area contributed by atoms with E-state index in [9.17, 15) is 9.18 Å². The summed E-state index contributed by atoms with van der Waals surface area (Å²) in [6.45, 7) is 6.07. The fraction of sp³-hybridized carbons (Fsp3) is 0.900. The molecule has 1 saturated carbocycles. The first-order valence-electron chi connectivity index (χ1n) is 4.70. The van der Waals surface area contributed by atoms with Gasteiger partial charge in [-0.1, -0.05) is 20.8 Å². The van der Waals surface area contributed by atoms with Crippen LogP contribution in [-0.2, 0) is 4.79 Å². The van der Waals surface area contributed by atoms with E-state index in [0.29, 0.717) is 6.42 Å². The number of alkyl halides is 1. The van der Waals surface area contributed by atoms with Gasteiger partial charge in [-0.25, -0.2) is 9.18 Å². The van der Waals surface area contributed by atoms with Crippen molar-refractivity contribution in [3.63, 3.8) is 0 Å². The predicted molar refractivity (Wildman–Crippen MR) is 48.2 cm³/mol. The van der Waals surface area contributed by atoms with Crippen LogP contribution >= 0.6 is 0 Å². The highest BCUT2D eigenvalue weighted by Gasteiger charge is 2.43. The van der Waals surface area contributed by atoms with Gasteiger partial charge >= 0.3 is 5.97 Å². The van der Waals surface area contributed by atoms with Gasteiger partial charge in [0.1, 0.15) is 0 Å². The Hall–Kier alpha value is -0.600. The van der Waals surface area contributed by atoms with Gasteiger partial charge in [-0.2, -0.15) is 0 Å². The fourth-order valence-corrected chi connectivity index (χ4v) is 2.52. The maximum atomic E-state index is 13.2. The molecule has 76 valence electrons. The number of halogens is 1. The van der Waals surface area contributed by atoms with Gasteiger partial charge in [-0.15, -0.1) is 0 Å². The third kappa shape index (κ3) is 2.20. The minimum absolute atomic E-state index is 0.101. The molecule has 0 aromatic carbocycles. The average Bonchev–Trinajstić information content (AvgIpc) is 2.22. The number of hydrogen-bond acceptors (Lipinski definition) is 1. The molecule has 1 N–H and O–H groups in total. The molecular weight excluding hydrogens is 171 g/mol. The summed E-state index contributed by atoms with van der Waals surface area (Å²) in [5.41, 5.74) is 0.101. The van der Waals surface area contributed by atoms with E-state index in [1.54, 1.807) is 0 Å². The van der Waals surface area contributed by atoms with E-state index in [1.807, 2.05) is 6.92 Å². The van der Waals surface area contributed by atoms with E-state index in [4.69, 9.17) is 5.11 Å². The average molecular weight is 188 g/mol. The summed E-state index contributed by atoms with van der Waals surface area (Å²) in [5.74, 6) is -1.43. The zero-order valence-corrected chi connectivity index (χ0v) is 8.38. The molecule has 1 fully saturated rings. The highest BCUT2D eigenvalue weighted by molar-refractivity contribution is 5.72. The molecule has 0 aromatic rings. The number of aliphatic carboxylic acids is 1. The molecule has 3 unspecified atom stereocenters. The molecule has 13 heavy (non-hydrogen) atoms. The van der Waals surface area contributed by atoms with Crippen molar-refractivity contribution in [2.45, 2.75) is 39.8 Å². The topological polar surface area (TPSA) is 37.3 Å². The highest BCUT2D eigenvalue weighted by Crippen LogP contribution is 2.46. The van der Waals surface area contributed by atoms with Crippen LogP contribution in [0.1, 0.15) is 33.6 Å². The molecule has 2 nitrogen and oxygen atoms in total. The second kappa shape index (κ2) is 3.28. The van der Waals surface area contributed by atoms with Gasteiger partial charge in [0, 0.05) is 5.92 Å². The lowest BCUT2D eigenvalue weighted by molar-refractivity contribution is -0.145. The summed E-state index contributed by atoms with van der Waals surface area (Å²) in [6.07, 6.45) is -0.0794. The fourth-order valence-electron chi connectivity index (χ4n) is 2.52. The van der Waals surface area contributed by atoms with Crippen LogP contribution in [0.25, 0.3) is 0 Å². The maximum Gasteiger partial charge on any atom is 0.338 e. The Kier molecular flexibility index (Phi) is 2.64. The number of hydrogen-bond donors (Lipinski definition) is 1. The third-order valence-electron chi connectivity index (χ3n) is 3.01. The van der Waals surface area contributed by atoms with Crippen LogP contribution in [0, 0.1) is 17.3 Å². The first-order valence-corrected chi connectivity index (χ1v) is 4.70. The Balaban J connectivity index is 2.67. The van der Waals surface area contributed by atoms with E-state index in [0.717, 1.165) is 6.42 Å². The van der Waals surface area contributed by atoms with Crippen LogP contribution in [0.15, 0.2) is 0 Å². The summed E-state index contributed by atoms with van der Waals surface area (Å²) in [6, 6.07) is 0. The predicted octanol–water partition coefficient (Wildman–Crippen LogP) is 2.48. The van der Waals surface area contributed by atoms with E-state index in [2.05, 4.69) is 13.8 Å². The Bertz CT molecular complexity index is 213. The van der Waals surface area contributed by atoms with Gasteiger partial charge in [0.15, 0.2) is 6.17 Å². The molecule has 0 heterocycles. The number of carboxylic acid groups (broad SMARTS) is 1. The van der Waals surface area contributed by atoms with Crippen LogP contribution in [0.5, 0.6) is 0 Å². The first-order chi connectivity index (χ1) is 5.83. The summed E-state index contributed by atoms with van der Waals surface area (Å²) in [5, 5.41) is 8.56. The molecule has 0 spiro atoms. The van der Waals surface area contributed by atoms with Crippen LogP contribution in [0.3, 0.4) is 0 Å². The van der Waals surface area contributed by atoms with Crippen molar-refractivity contribution in [3.8, 4) is 0 Å². The van der Waals surface area contributed by atoms with Crippen LogP contribution in [-0.4, -0.2) is 17.2 Å². The van der Waals surface area contributed by atoms with Crippen molar-refractivity contribution >= 4 is 5.97 Å². The first kappa shape index (κ1) is 10.5. The summed E-state index contributed by atoms with van der Waals surface area (Å²) >= 11 is 0. The highest BCUT2D eigenvalue weighted by atomic mass is 19.1. The lowest BCUT2D eigenvalue weighted by atomic mass is 9.89. The Morgan fingerprint density at radius 3 is 2.38 bits per heavy atom.